The molecule has 0 atom stereocenters. The number of rotatable bonds is 6. The van der Waals surface area contributed by atoms with Gasteiger partial charge in [0.25, 0.3) is 5.78 Å². The number of hydrogen-bond donors (Lipinski definition) is 1. The zero-order valence-electron chi connectivity index (χ0n) is 12.0. The standard InChI is InChI=1S/C16H12FN3O3/c17-12-3-1-2-10(4-12)5-13-6-11(8-23-13)7-14(21)15(22)16-18-9-19-20-16/h1-4,6,8-9H,5,7H2,(H,18,19,20). The number of furan rings is 1. The Morgan fingerprint density at radius 3 is 2.83 bits per heavy atom. The van der Waals surface area contributed by atoms with Gasteiger partial charge in [0, 0.05) is 12.8 Å². The summed E-state index contributed by atoms with van der Waals surface area (Å²) < 4.78 is 18.5. The number of halogens is 1. The number of ketones is 2. The number of carbonyl (C=O) groups excluding carboxylic acids is 2. The van der Waals surface area contributed by atoms with Crippen LogP contribution in [0.15, 0.2) is 47.3 Å². The van der Waals surface area contributed by atoms with Crippen LogP contribution in [0, 0.1) is 5.82 Å². The largest absolute Gasteiger partial charge is 0.469 e. The molecule has 0 radical (unpaired) electrons. The highest BCUT2D eigenvalue weighted by Gasteiger charge is 2.20. The van der Waals surface area contributed by atoms with Crippen LogP contribution in [0.4, 0.5) is 4.39 Å². The fourth-order valence-electron chi connectivity index (χ4n) is 2.17. The van der Waals surface area contributed by atoms with Gasteiger partial charge in [0.15, 0.2) is 5.82 Å². The summed E-state index contributed by atoms with van der Waals surface area (Å²) in [5.74, 6) is -1.15. The van der Waals surface area contributed by atoms with Crippen LogP contribution >= 0.6 is 0 Å². The van der Waals surface area contributed by atoms with Crippen LogP contribution in [-0.4, -0.2) is 26.7 Å². The van der Waals surface area contributed by atoms with E-state index in [1.807, 2.05) is 0 Å². The van der Waals surface area contributed by atoms with Gasteiger partial charge in [-0.15, -0.1) is 0 Å². The zero-order chi connectivity index (χ0) is 16.2. The first-order valence-corrected chi connectivity index (χ1v) is 6.85. The first-order chi connectivity index (χ1) is 11.1. The van der Waals surface area contributed by atoms with E-state index in [2.05, 4.69) is 15.2 Å². The minimum Gasteiger partial charge on any atom is -0.469 e. The van der Waals surface area contributed by atoms with Crippen LogP contribution in [0.2, 0.25) is 0 Å². The van der Waals surface area contributed by atoms with Gasteiger partial charge >= 0.3 is 0 Å². The summed E-state index contributed by atoms with van der Waals surface area (Å²) in [5.41, 5.74) is 1.34. The SMILES string of the molecule is O=C(Cc1coc(Cc2cccc(F)c2)c1)C(=O)c1ncn[nH]1. The molecule has 0 bridgehead atoms. The van der Waals surface area contributed by atoms with Crippen LogP contribution in [-0.2, 0) is 17.6 Å². The van der Waals surface area contributed by atoms with Gasteiger partial charge in [-0.3, -0.25) is 14.7 Å². The lowest BCUT2D eigenvalue weighted by Gasteiger charge is -1.97. The molecule has 0 unspecified atom stereocenters. The Morgan fingerprint density at radius 2 is 2.09 bits per heavy atom. The molecule has 0 aliphatic carbocycles. The molecule has 0 saturated carbocycles. The van der Waals surface area contributed by atoms with Crippen molar-refractivity contribution in [3.8, 4) is 0 Å². The van der Waals surface area contributed by atoms with E-state index in [1.165, 1.54) is 18.4 Å². The van der Waals surface area contributed by atoms with Crippen molar-refractivity contribution >= 4 is 11.6 Å². The molecule has 23 heavy (non-hydrogen) atoms. The van der Waals surface area contributed by atoms with Crippen molar-refractivity contribution in [2.75, 3.05) is 0 Å². The molecule has 2 aromatic heterocycles. The smallest absolute Gasteiger partial charge is 0.265 e. The summed E-state index contributed by atoms with van der Waals surface area (Å²) in [6, 6.07) is 7.86. The first-order valence-electron chi connectivity index (χ1n) is 6.85. The molecule has 7 heteroatoms. The van der Waals surface area contributed by atoms with Crippen LogP contribution in [0.1, 0.15) is 27.5 Å². The van der Waals surface area contributed by atoms with E-state index < -0.39 is 11.6 Å². The average Bonchev–Trinajstić information content (AvgIpc) is 3.18. The molecule has 1 N–H and O–H groups in total. The lowest BCUT2D eigenvalue weighted by atomic mass is 10.1. The van der Waals surface area contributed by atoms with E-state index in [0.29, 0.717) is 17.7 Å². The van der Waals surface area contributed by atoms with Crippen LogP contribution in [0.5, 0.6) is 0 Å². The Morgan fingerprint density at radius 1 is 1.22 bits per heavy atom. The molecular formula is C16H12FN3O3. The maximum atomic E-state index is 13.1. The van der Waals surface area contributed by atoms with Crippen molar-refractivity contribution in [1.82, 2.24) is 15.2 Å². The molecule has 0 fully saturated rings. The molecule has 0 aliphatic heterocycles. The number of Topliss-reactive ketones (excluding diaryl/α,β-unsaturated/α-hetero) is 2. The van der Waals surface area contributed by atoms with Crippen molar-refractivity contribution in [1.29, 1.82) is 0 Å². The Hall–Kier alpha value is -3.09. The number of carbonyl (C=O) groups is 2. The number of hydrogen-bond acceptors (Lipinski definition) is 5. The molecule has 3 rings (SSSR count). The Kier molecular flexibility index (Phi) is 4.09. The fraction of sp³-hybridized carbons (Fsp3) is 0.125. The third-order valence-corrected chi connectivity index (χ3v) is 3.22. The van der Waals surface area contributed by atoms with Gasteiger partial charge in [-0.2, -0.15) is 5.10 Å². The van der Waals surface area contributed by atoms with Crippen LogP contribution in [0.25, 0.3) is 0 Å². The van der Waals surface area contributed by atoms with Crippen molar-refractivity contribution in [3.05, 3.63) is 71.5 Å². The number of aromatic nitrogens is 3. The van der Waals surface area contributed by atoms with Gasteiger partial charge in [0.1, 0.15) is 17.9 Å². The first kappa shape index (κ1) is 14.8. The van der Waals surface area contributed by atoms with Gasteiger partial charge < -0.3 is 4.42 Å². The van der Waals surface area contributed by atoms with E-state index in [1.54, 1.807) is 18.2 Å². The summed E-state index contributed by atoms with van der Waals surface area (Å²) in [5, 5.41) is 5.89. The van der Waals surface area contributed by atoms with Crippen molar-refractivity contribution in [2.45, 2.75) is 12.8 Å². The highest BCUT2D eigenvalue weighted by Crippen LogP contribution is 2.15. The lowest BCUT2D eigenvalue weighted by molar-refractivity contribution is -0.114. The maximum Gasteiger partial charge on any atom is 0.265 e. The molecular weight excluding hydrogens is 301 g/mol. The average molecular weight is 313 g/mol. The van der Waals surface area contributed by atoms with Crippen molar-refractivity contribution < 1.29 is 18.4 Å². The lowest BCUT2D eigenvalue weighted by Crippen LogP contribution is -2.17. The molecule has 6 nitrogen and oxygen atoms in total. The minimum absolute atomic E-state index is 0.0847. The third-order valence-electron chi connectivity index (χ3n) is 3.22. The molecule has 0 aliphatic rings. The second-order valence-electron chi connectivity index (χ2n) is 4.99. The normalized spacial score (nSPS) is 10.7. The number of nitrogens with zero attached hydrogens (tertiary/aromatic N) is 2. The highest BCUT2D eigenvalue weighted by atomic mass is 19.1. The van der Waals surface area contributed by atoms with E-state index in [-0.39, 0.29) is 18.1 Å². The van der Waals surface area contributed by atoms with Gasteiger partial charge in [0.2, 0.25) is 5.78 Å². The third kappa shape index (κ3) is 3.57. The van der Waals surface area contributed by atoms with Crippen molar-refractivity contribution in [2.24, 2.45) is 0 Å². The predicted molar refractivity (Wildman–Crippen MR) is 77.3 cm³/mol. The van der Waals surface area contributed by atoms with E-state index >= 15 is 0 Å². The topological polar surface area (TPSA) is 88.8 Å². The maximum absolute atomic E-state index is 13.1. The number of benzene rings is 1. The number of aromatic amines is 1. The van der Waals surface area contributed by atoms with Gasteiger partial charge in [0.05, 0.1) is 6.26 Å². The molecule has 0 amide bonds. The zero-order valence-corrected chi connectivity index (χ0v) is 12.0. The van der Waals surface area contributed by atoms with E-state index in [4.69, 9.17) is 4.42 Å². The Balaban J connectivity index is 1.65. The summed E-state index contributed by atoms with van der Waals surface area (Å²) in [6.45, 7) is 0. The number of nitrogens with one attached hydrogen (secondary N) is 1. The molecule has 0 saturated heterocycles. The van der Waals surface area contributed by atoms with Gasteiger partial charge in [-0.25, -0.2) is 9.37 Å². The quantitative estimate of drug-likeness (QED) is 0.556. The molecule has 1 aromatic carbocycles. The number of H-pyrrole nitrogens is 1. The van der Waals surface area contributed by atoms with E-state index in [9.17, 15) is 14.0 Å². The summed E-state index contributed by atoms with van der Waals surface area (Å²) >= 11 is 0. The summed E-state index contributed by atoms with van der Waals surface area (Å²) in [6.07, 6.45) is 2.89. The monoisotopic (exact) mass is 313 g/mol. The highest BCUT2D eigenvalue weighted by molar-refractivity contribution is 6.43. The fourth-order valence-corrected chi connectivity index (χ4v) is 2.17. The van der Waals surface area contributed by atoms with Crippen molar-refractivity contribution in [3.63, 3.8) is 0 Å². The Labute approximate surface area is 130 Å². The molecule has 3 aromatic rings. The predicted octanol–water partition coefficient (Wildman–Crippen LogP) is 2.12. The van der Waals surface area contributed by atoms with Gasteiger partial charge in [-0.1, -0.05) is 12.1 Å². The van der Waals surface area contributed by atoms with Gasteiger partial charge in [-0.05, 0) is 29.3 Å². The Bertz CT molecular complexity index is 840. The molecule has 2 heterocycles. The van der Waals surface area contributed by atoms with Crippen LogP contribution in [0.3, 0.4) is 0 Å². The van der Waals surface area contributed by atoms with E-state index in [0.717, 1.165) is 11.9 Å². The summed E-state index contributed by atoms with van der Waals surface area (Å²) in [7, 11) is 0. The second-order valence-corrected chi connectivity index (χ2v) is 4.99. The molecule has 116 valence electrons. The summed E-state index contributed by atoms with van der Waals surface area (Å²) in [4.78, 5) is 27.3. The van der Waals surface area contributed by atoms with Crippen LogP contribution < -0.4 is 0 Å². The second kappa shape index (κ2) is 6.35. The molecule has 0 spiro atoms. The minimum atomic E-state index is -0.726.